The van der Waals surface area contributed by atoms with E-state index in [2.05, 4.69) is 36.3 Å². The van der Waals surface area contributed by atoms with Gasteiger partial charge in [0.2, 0.25) is 17.6 Å². The zero-order valence-electron chi connectivity index (χ0n) is 16.7. The van der Waals surface area contributed by atoms with Gasteiger partial charge in [0.15, 0.2) is 11.8 Å². The molecule has 30 heavy (non-hydrogen) atoms. The van der Waals surface area contributed by atoms with Crippen LogP contribution >= 0.6 is 0 Å². The number of hydrogen-bond donors (Lipinski definition) is 6. The van der Waals surface area contributed by atoms with Crippen LogP contribution in [0.3, 0.4) is 0 Å². The van der Waals surface area contributed by atoms with E-state index in [-0.39, 0.29) is 25.0 Å². The monoisotopic (exact) mass is 414 g/mol. The summed E-state index contributed by atoms with van der Waals surface area (Å²) < 4.78 is 0. The van der Waals surface area contributed by atoms with Crippen LogP contribution in [0.1, 0.15) is 24.2 Å². The minimum Gasteiger partial charge on any atom is -0.370 e. The van der Waals surface area contributed by atoms with E-state index in [1.165, 1.54) is 0 Å². The second-order valence-corrected chi connectivity index (χ2v) is 6.49. The third kappa shape index (κ3) is 7.39. The Morgan fingerprint density at radius 2 is 1.77 bits per heavy atom. The summed E-state index contributed by atoms with van der Waals surface area (Å²) in [6, 6.07) is 6.58. The Morgan fingerprint density at radius 3 is 2.37 bits per heavy atom. The fraction of sp³-hybridized carbons (Fsp3) is 0.389. The lowest BCUT2D eigenvalue weighted by molar-refractivity contribution is -0.128. The van der Waals surface area contributed by atoms with E-state index in [1.54, 1.807) is 6.92 Å². The number of nitrogens with one attached hydrogen (secondary N) is 4. The molecule has 0 aliphatic rings. The van der Waals surface area contributed by atoms with Crippen LogP contribution in [0.2, 0.25) is 0 Å². The molecular formula is C18H26N10O2. The van der Waals surface area contributed by atoms with Crippen LogP contribution in [0.4, 0.5) is 0 Å². The van der Waals surface area contributed by atoms with Crippen molar-refractivity contribution in [3.05, 3.63) is 35.7 Å². The molecule has 1 atom stereocenters. The van der Waals surface area contributed by atoms with Crippen molar-refractivity contribution >= 4 is 17.8 Å². The number of carbonyl (C=O) groups is 2. The lowest BCUT2D eigenvalue weighted by atomic mass is 10.1. The summed E-state index contributed by atoms with van der Waals surface area (Å²) in [6.45, 7) is 2.20. The van der Waals surface area contributed by atoms with Crippen LogP contribution in [0.25, 0.3) is 11.4 Å². The van der Waals surface area contributed by atoms with Gasteiger partial charge < -0.3 is 27.4 Å². The van der Waals surface area contributed by atoms with E-state index in [9.17, 15) is 9.59 Å². The Hall–Kier alpha value is -3.67. The second kappa shape index (κ2) is 11.4. The number of aryl methyl sites for hydroxylation is 1. The molecule has 1 aromatic carbocycles. The molecule has 160 valence electrons. The number of amides is 2. The van der Waals surface area contributed by atoms with Crippen molar-refractivity contribution in [1.82, 2.24) is 36.3 Å². The first-order valence-corrected chi connectivity index (χ1v) is 9.37. The van der Waals surface area contributed by atoms with E-state index < -0.39 is 11.9 Å². The summed E-state index contributed by atoms with van der Waals surface area (Å²) in [7, 11) is 0. The minimum atomic E-state index is -0.729. The lowest BCUT2D eigenvalue weighted by Gasteiger charge is -2.18. The predicted molar refractivity (Wildman–Crippen MR) is 110 cm³/mol. The number of aromatic nitrogens is 4. The summed E-state index contributed by atoms with van der Waals surface area (Å²) in [5, 5.41) is 30.9. The molecule has 0 radical (unpaired) electrons. The van der Waals surface area contributed by atoms with Gasteiger partial charge >= 0.3 is 0 Å². The Labute approximate surface area is 173 Å². The Bertz CT molecular complexity index is 854. The fourth-order valence-corrected chi connectivity index (χ4v) is 2.53. The highest BCUT2D eigenvalue weighted by Gasteiger charge is 2.19. The lowest BCUT2D eigenvalue weighted by Crippen LogP contribution is -2.48. The van der Waals surface area contributed by atoms with Gasteiger partial charge in [-0.25, -0.2) is 0 Å². The van der Waals surface area contributed by atoms with E-state index >= 15 is 0 Å². The van der Waals surface area contributed by atoms with Crippen LogP contribution < -0.4 is 27.4 Å². The molecule has 0 unspecified atom stereocenters. The van der Waals surface area contributed by atoms with E-state index in [1.807, 2.05) is 24.3 Å². The van der Waals surface area contributed by atoms with Crippen molar-refractivity contribution in [2.45, 2.75) is 32.4 Å². The second-order valence-electron chi connectivity index (χ2n) is 6.49. The standard InChI is InChI=1S/C18H26N10O2/c1-11-25-27-16(28-26-11)13-6-4-12(5-7-13)10-23-17(30)14(24-15(29)9-19)3-2-8-22-18(20)21/h4-7,14H,2-3,8-10,19H2,1H3,(H,23,30)(H,24,29)(H4,20,21,22)/t14-/m0/s1. The predicted octanol–water partition coefficient (Wildman–Crippen LogP) is -1.44. The number of nitrogens with zero attached hydrogens (tertiary/aromatic N) is 4. The number of rotatable bonds is 10. The van der Waals surface area contributed by atoms with Crippen LogP contribution in [0.15, 0.2) is 24.3 Å². The Morgan fingerprint density at radius 1 is 1.10 bits per heavy atom. The molecule has 2 amide bonds. The quantitative estimate of drug-likeness (QED) is 0.153. The minimum absolute atomic E-state index is 0.145. The van der Waals surface area contributed by atoms with Gasteiger partial charge in [-0.05, 0) is 25.3 Å². The van der Waals surface area contributed by atoms with Crippen molar-refractivity contribution in [3.63, 3.8) is 0 Å². The molecule has 2 aromatic rings. The third-order valence-corrected chi connectivity index (χ3v) is 4.08. The van der Waals surface area contributed by atoms with Gasteiger partial charge in [0.25, 0.3) is 0 Å². The molecule has 8 N–H and O–H groups in total. The van der Waals surface area contributed by atoms with Crippen molar-refractivity contribution in [2.75, 3.05) is 13.1 Å². The first-order chi connectivity index (χ1) is 14.4. The molecule has 0 bridgehead atoms. The highest BCUT2D eigenvalue weighted by molar-refractivity contribution is 5.88. The first-order valence-electron chi connectivity index (χ1n) is 9.37. The van der Waals surface area contributed by atoms with Crippen LogP contribution in [0.5, 0.6) is 0 Å². The summed E-state index contributed by atoms with van der Waals surface area (Å²) in [5.74, 6) is 0.0257. The maximum absolute atomic E-state index is 12.5. The van der Waals surface area contributed by atoms with E-state index in [0.29, 0.717) is 31.0 Å². The molecule has 0 saturated carbocycles. The average molecular weight is 414 g/mol. The molecule has 0 spiro atoms. The largest absolute Gasteiger partial charge is 0.370 e. The molecule has 2 rings (SSSR count). The Balaban J connectivity index is 1.91. The van der Waals surface area contributed by atoms with Gasteiger partial charge in [0.1, 0.15) is 6.04 Å². The average Bonchev–Trinajstić information content (AvgIpc) is 2.74. The summed E-state index contributed by atoms with van der Waals surface area (Å²) in [4.78, 5) is 24.2. The molecule has 12 nitrogen and oxygen atoms in total. The molecule has 0 fully saturated rings. The van der Waals surface area contributed by atoms with Crippen LogP contribution in [-0.4, -0.2) is 57.3 Å². The number of benzene rings is 1. The zero-order chi connectivity index (χ0) is 21.9. The molecule has 0 saturated heterocycles. The highest BCUT2D eigenvalue weighted by Crippen LogP contribution is 2.14. The van der Waals surface area contributed by atoms with Crippen molar-refractivity contribution in [3.8, 4) is 11.4 Å². The third-order valence-electron chi connectivity index (χ3n) is 4.08. The summed E-state index contributed by atoms with van der Waals surface area (Å²) in [5.41, 5.74) is 12.2. The van der Waals surface area contributed by atoms with Gasteiger partial charge in [-0.15, -0.1) is 20.4 Å². The maximum Gasteiger partial charge on any atom is 0.242 e. The molecule has 1 heterocycles. The van der Waals surface area contributed by atoms with E-state index in [0.717, 1.165) is 11.1 Å². The molecule has 0 aliphatic heterocycles. The van der Waals surface area contributed by atoms with Crippen molar-refractivity contribution in [1.29, 1.82) is 5.41 Å². The number of nitrogens with two attached hydrogens (primary N) is 2. The molecular weight excluding hydrogens is 388 g/mol. The number of hydrogen-bond acceptors (Lipinski definition) is 8. The van der Waals surface area contributed by atoms with Gasteiger partial charge in [-0.1, -0.05) is 24.3 Å². The fourth-order valence-electron chi connectivity index (χ4n) is 2.53. The van der Waals surface area contributed by atoms with Crippen LogP contribution in [0, 0.1) is 12.3 Å². The summed E-state index contributed by atoms with van der Waals surface area (Å²) in [6.07, 6.45) is 0.914. The van der Waals surface area contributed by atoms with Crippen LogP contribution in [-0.2, 0) is 16.1 Å². The normalized spacial score (nSPS) is 11.4. The number of guanidine groups is 1. The van der Waals surface area contributed by atoms with Gasteiger partial charge in [0.05, 0.1) is 6.54 Å². The first kappa shape index (κ1) is 22.6. The maximum atomic E-state index is 12.5. The number of carbonyl (C=O) groups excluding carboxylic acids is 2. The van der Waals surface area contributed by atoms with Gasteiger partial charge in [-0.3, -0.25) is 15.0 Å². The molecule has 12 heteroatoms. The summed E-state index contributed by atoms with van der Waals surface area (Å²) >= 11 is 0. The smallest absolute Gasteiger partial charge is 0.242 e. The van der Waals surface area contributed by atoms with Gasteiger partial charge in [0, 0.05) is 18.7 Å². The molecule has 1 aromatic heterocycles. The Kier molecular flexibility index (Phi) is 8.56. The topological polar surface area (TPSA) is 198 Å². The van der Waals surface area contributed by atoms with Gasteiger partial charge in [-0.2, -0.15) is 0 Å². The highest BCUT2D eigenvalue weighted by atomic mass is 16.2. The van der Waals surface area contributed by atoms with Crippen molar-refractivity contribution in [2.24, 2.45) is 11.5 Å². The zero-order valence-corrected chi connectivity index (χ0v) is 16.7. The SMILES string of the molecule is Cc1nnc(-c2ccc(CNC(=O)[C@H](CCCNC(=N)N)NC(=O)CN)cc2)nn1. The van der Waals surface area contributed by atoms with Crippen molar-refractivity contribution < 1.29 is 9.59 Å². The molecule has 0 aliphatic carbocycles. The van der Waals surface area contributed by atoms with E-state index in [4.69, 9.17) is 16.9 Å².